The summed E-state index contributed by atoms with van der Waals surface area (Å²) in [6.07, 6.45) is 5.66. The summed E-state index contributed by atoms with van der Waals surface area (Å²) in [6.45, 7) is 7.62. The molecule has 0 saturated carbocycles. The average molecular weight is 423 g/mol. The zero-order chi connectivity index (χ0) is 22.0. The van der Waals surface area contributed by atoms with Crippen molar-refractivity contribution in [3.63, 3.8) is 0 Å². The van der Waals surface area contributed by atoms with E-state index in [0.29, 0.717) is 29.1 Å². The highest BCUT2D eigenvalue weighted by atomic mass is 16.5. The van der Waals surface area contributed by atoms with Crippen LogP contribution in [0.5, 0.6) is 11.5 Å². The number of piperidine rings is 1. The van der Waals surface area contributed by atoms with Gasteiger partial charge in [-0.05, 0) is 57.8 Å². The average Bonchev–Trinajstić information content (AvgIpc) is 2.79. The molecule has 0 amide bonds. The molecule has 1 aliphatic heterocycles. The van der Waals surface area contributed by atoms with Crippen LogP contribution in [0.1, 0.15) is 29.7 Å². The van der Waals surface area contributed by atoms with Gasteiger partial charge in [-0.3, -0.25) is 19.2 Å². The number of ether oxygens (including phenoxy) is 2. The number of nitrogens with zero attached hydrogens (tertiary/aromatic N) is 4. The molecule has 7 heteroatoms. The van der Waals surface area contributed by atoms with E-state index in [1.165, 1.54) is 0 Å². The molecule has 3 aromatic rings. The van der Waals surface area contributed by atoms with Gasteiger partial charge in [0, 0.05) is 36.5 Å². The second-order valence-electron chi connectivity index (χ2n) is 8.35. The summed E-state index contributed by atoms with van der Waals surface area (Å²) in [4.78, 5) is 24.4. The first kappa shape index (κ1) is 21.3. The van der Waals surface area contributed by atoms with Crippen molar-refractivity contribution < 1.29 is 9.47 Å². The summed E-state index contributed by atoms with van der Waals surface area (Å²) in [5, 5.41) is 0.635. The molecule has 0 aliphatic carbocycles. The Balaban J connectivity index is 1.40. The highest BCUT2D eigenvalue weighted by Gasteiger charge is 2.22. The fraction of sp³-hybridized carbons (Fsp3) is 0.458. The summed E-state index contributed by atoms with van der Waals surface area (Å²) in [7, 11) is 3.33. The number of aromatic nitrogens is 3. The molecule has 31 heavy (non-hydrogen) atoms. The number of fused-ring (bicyclic) bond motifs is 1. The third kappa shape index (κ3) is 4.42. The van der Waals surface area contributed by atoms with Crippen LogP contribution >= 0.6 is 0 Å². The van der Waals surface area contributed by atoms with Crippen LogP contribution in [0.15, 0.2) is 35.5 Å². The molecule has 1 aliphatic rings. The lowest BCUT2D eigenvalue weighted by molar-refractivity contribution is 0.164. The number of aryl methyl sites for hydroxylation is 1. The predicted molar refractivity (Wildman–Crippen MR) is 121 cm³/mol. The highest BCUT2D eigenvalue weighted by Crippen LogP contribution is 2.26. The molecule has 0 radical (unpaired) electrons. The molecule has 1 aromatic carbocycles. The Kier molecular flexibility index (Phi) is 6.23. The molecule has 0 atom stereocenters. The predicted octanol–water partition coefficient (Wildman–Crippen LogP) is 3.34. The van der Waals surface area contributed by atoms with Crippen LogP contribution in [0.2, 0.25) is 0 Å². The largest absolute Gasteiger partial charge is 0.497 e. The Hall–Kier alpha value is -2.93. The summed E-state index contributed by atoms with van der Waals surface area (Å²) in [5.41, 5.74) is 3.95. The van der Waals surface area contributed by atoms with Gasteiger partial charge < -0.3 is 9.47 Å². The van der Waals surface area contributed by atoms with Crippen LogP contribution in [0.25, 0.3) is 10.9 Å². The van der Waals surface area contributed by atoms with E-state index in [1.54, 1.807) is 37.2 Å². The number of benzene rings is 1. The van der Waals surface area contributed by atoms with Gasteiger partial charge in [0.25, 0.3) is 5.56 Å². The number of hydrogen-bond acceptors (Lipinski definition) is 6. The van der Waals surface area contributed by atoms with Gasteiger partial charge in [-0.1, -0.05) is 0 Å². The minimum Gasteiger partial charge on any atom is -0.497 e. The number of rotatable bonds is 6. The highest BCUT2D eigenvalue weighted by molar-refractivity contribution is 5.78. The Morgan fingerprint density at radius 1 is 1.10 bits per heavy atom. The molecule has 7 nitrogen and oxygen atoms in total. The van der Waals surface area contributed by atoms with Gasteiger partial charge in [0.2, 0.25) is 0 Å². The second-order valence-corrected chi connectivity index (χ2v) is 8.35. The van der Waals surface area contributed by atoms with Crippen molar-refractivity contribution in [2.75, 3.05) is 27.3 Å². The van der Waals surface area contributed by atoms with Gasteiger partial charge in [0.05, 0.1) is 37.1 Å². The topological polar surface area (TPSA) is 69.5 Å². The molecule has 3 heterocycles. The number of methoxy groups -OCH3 is 2. The van der Waals surface area contributed by atoms with Crippen molar-refractivity contribution in [1.82, 2.24) is 19.4 Å². The summed E-state index contributed by atoms with van der Waals surface area (Å²) < 4.78 is 12.5. The van der Waals surface area contributed by atoms with Crippen molar-refractivity contribution in [3.8, 4) is 11.5 Å². The van der Waals surface area contributed by atoms with Crippen molar-refractivity contribution >= 4 is 10.9 Å². The Labute approximate surface area is 182 Å². The third-order valence-corrected chi connectivity index (χ3v) is 6.32. The Bertz CT molecular complexity index is 1130. The van der Waals surface area contributed by atoms with Crippen molar-refractivity contribution in [1.29, 1.82) is 0 Å². The third-order valence-electron chi connectivity index (χ3n) is 6.32. The van der Waals surface area contributed by atoms with E-state index in [4.69, 9.17) is 9.47 Å². The van der Waals surface area contributed by atoms with Crippen LogP contribution in [0.4, 0.5) is 0 Å². The van der Waals surface area contributed by atoms with Gasteiger partial charge >= 0.3 is 0 Å². The van der Waals surface area contributed by atoms with Crippen molar-refractivity contribution in [3.05, 3.63) is 57.9 Å². The summed E-state index contributed by atoms with van der Waals surface area (Å²) in [6, 6.07) is 5.41. The smallest absolute Gasteiger partial charge is 0.261 e. The fourth-order valence-corrected chi connectivity index (χ4v) is 4.44. The van der Waals surface area contributed by atoms with Gasteiger partial charge in [0.15, 0.2) is 0 Å². The number of pyridine rings is 1. The Morgan fingerprint density at radius 3 is 2.58 bits per heavy atom. The molecule has 1 fully saturated rings. The SMILES string of the molecule is COc1ccc2c(=O)n(CC3CCN(Cc4ncc(C)c(OC)c4C)CC3)cnc2c1. The molecule has 0 N–H and O–H groups in total. The first-order valence-corrected chi connectivity index (χ1v) is 10.7. The molecule has 0 unspecified atom stereocenters. The van der Waals surface area contributed by atoms with Gasteiger partial charge in [-0.25, -0.2) is 4.98 Å². The number of likely N-dealkylation sites (tertiary alicyclic amines) is 1. The normalized spacial score (nSPS) is 15.4. The lowest BCUT2D eigenvalue weighted by Gasteiger charge is -2.32. The minimum absolute atomic E-state index is 0.0154. The van der Waals surface area contributed by atoms with Crippen LogP contribution in [-0.4, -0.2) is 46.7 Å². The van der Waals surface area contributed by atoms with E-state index >= 15 is 0 Å². The minimum atomic E-state index is 0.0154. The van der Waals surface area contributed by atoms with E-state index in [9.17, 15) is 4.79 Å². The van der Waals surface area contributed by atoms with Gasteiger partial charge in [-0.2, -0.15) is 0 Å². The molecular weight excluding hydrogens is 392 g/mol. The molecule has 4 rings (SSSR count). The second kappa shape index (κ2) is 9.06. The maximum atomic E-state index is 12.9. The van der Waals surface area contributed by atoms with Crippen LogP contribution in [0, 0.1) is 19.8 Å². The van der Waals surface area contributed by atoms with Gasteiger partial charge in [-0.15, -0.1) is 0 Å². The Morgan fingerprint density at radius 2 is 1.87 bits per heavy atom. The molecule has 0 bridgehead atoms. The zero-order valence-corrected chi connectivity index (χ0v) is 18.7. The first-order valence-electron chi connectivity index (χ1n) is 10.7. The first-order chi connectivity index (χ1) is 15.0. The zero-order valence-electron chi connectivity index (χ0n) is 18.7. The van der Waals surface area contributed by atoms with Crippen LogP contribution in [0.3, 0.4) is 0 Å². The quantitative estimate of drug-likeness (QED) is 0.607. The monoisotopic (exact) mass is 422 g/mol. The fourth-order valence-electron chi connectivity index (χ4n) is 4.44. The maximum absolute atomic E-state index is 12.9. The molecule has 1 saturated heterocycles. The van der Waals surface area contributed by atoms with Crippen LogP contribution in [-0.2, 0) is 13.1 Å². The van der Waals surface area contributed by atoms with Crippen molar-refractivity contribution in [2.24, 2.45) is 5.92 Å². The van der Waals surface area contributed by atoms with E-state index in [-0.39, 0.29) is 5.56 Å². The summed E-state index contributed by atoms with van der Waals surface area (Å²) >= 11 is 0. The van der Waals surface area contributed by atoms with E-state index < -0.39 is 0 Å². The van der Waals surface area contributed by atoms with Gasteiger partial charge in [0.1, 0.15) is 11.5 Å². The van der Waals surface area contributed by atoms with Crippen LogP contribution < -0.4 is 15.0 Å². The molecule has 0 spiro atoms. The molecule has 164 valence electrons. The lowest BCUT2D eigenvalue weighted by atomic mass is 9.96. The van der Waals surface area contributed by atoms with E-state index in [0.717, 1.165) is 55.0 Å². The van der Waals surface area contributed by atoms with Crippen molar-refractivity contribution in [2.45, 2.75) is 39.8 Å². The standard InChI is InChI=1S/C24H30N4O3/c1-16-12-25-22(17(2)23(16)31-4)14-27-9-7-18(8-10-27)13-28-15-26-21-11-19(30-3)5-6-20(21)24(28)29/h5-6,11-12,15,18H,7-10,13-14H2,1-4H3. The van der Waals surface area contributed by atoms with E-state index in [2.05, 4.69) is 21.8 Å². The number of hydrogen-bond donors (Lipinski definition) is 0. The lowest BCUT2D eigenvalue weighted by Crippen LogP contribution is -2.36. The molecule has 2 aromatic heterocycles. The van der Waals surface area contributed by atoms with E-state index in [1.807, 2.05) is 19.2 Å². The maximum Gasteiger partial charge on any atom is 0.261 e. The molecular formula is C24H30N4O3. The summed E-state index contributed by atoms with van der Waals surface area (Å²) in [5.74, 6) is 2.11.